The number of likely N-dealkylation sites (tertiary alicyclic amines) is 1. The van der Waals surface area contributed by atoms with Crippen molar-refractivity contribution in [3.05, 3.63) is 59.2 Å². The van der Waals surface area contributed by atoms with E-state index in [0.29, 0.717) is 26.3 Å². The minimum absolute atomic E-state index is 0.159. The molecule has 1 amide bonds. The van der Waals surface area contributed by atoms with Crippen molar-refractivity contribution in [1.82, 2.24) is 9.80 Å². The number of benzene rings is 2. The maximum Gasteiger partial charge on any atom is 0.236 e. The van der Waals surface area contributed by atoms with Gasteiger partial charge in [-0.05, 0) is 49.6 Å². The Morgan fingerprint density at radius 2 is 1.83 bits per heavy atom. The van der Waals surface area contributed by atoms with Crippen LogP contribution in [0.5, 0.6) is 11.5 Å². The first kappa shape index (κ1) is 19.8. The van der Waals surface area contributed by atoms with Crippen LogP contribution in [0.25, 0.3) is 0 Å². The quantitative estimate of drug-likeness (QED) is 0.770. The fourth-order valence-electron chi connectivity index (χ4n) is 4.13. The van der Waals surface area contributed by atoms with E-state index in [1.807, 2.05) is 18.0 Å². The molecule has 29 heavy (non-hydrogen) atoms. The van der Waals surface area contributed by atoms with E-state index in [0.717, 1.165) is 42.9 Å². The van der Waals surface area contributed by atoms with Crippen LogP contribution in [0.15, 0.2) is 42.5 Å². The molecule has 2 aromatic rings. The highest BCUT2D eigenvalue weighted by Gasteiger charge is 2.29. The summed E-state index contributed by atoms with van der Waals surface area (Å²) in [5.41, 5.74) is 3.60. The molecule has 0 spiro atoms. The van der Waals surface area contributed by atoms with Gasteiger partial charge >= 0.3 is 0 Å². The lowest BCUT2D eigenvalue weighted by atomic mass is 10.0. The number of hydrogen-bond acceptors (Lipinski definition) is 4. The van der Waals surface area contributed by atoms with E-state index in [4.69, 9.17) is 9.47 Å². The van der Waals surface area contributed by atoms with E-state index < -0.39 is 0 Å². The summed E-state index contributed by atoms with van der Waals surface area (Å²) in [6.07, 6.45) is 3.07. The SMILES string of the molecule is Cc1ccc(CN(C)C(=O)CN2CCC[C@@H]2c2ccc3c(c2)OCCCO3)cc1. The Kier molecular flexibility index (Phi) is 6.05. The van der Waals surface area contributed by atoms with Crippen LogP contribution in [0, 0.1) is 6.92 Å². The maximum atomic E-state index is 12.9. The number of fused-ring (bicyclic) bond motifs is 1. The molecule has 154 valence electrons. The molecule has 2 aromatic carbocycles. The minimum atomic E-state index is 0.159. The van der Waals surface area contributed by atoms with Gasteiger partial charge in [-0.3, -0.25) is 9.69 Å². The predicted molar refractivity (Wildman–Crippen MR) is 113 cm³/mol. The Balaban J connectivity index is 1.41. The summed E-state index contributed by atoms with van der Waals surface area (Å²) < 4.78 is 11.6. The lowest BCUT2D eigenvalue weighted by molar-refractivity contribution is -0.131. The van der Waals surface area contributed by atoms with Gasteiger partial charge in [-0.1, -0.05) is 35.9 Å². The number of carbonyl (C=O) groups excluding carboxylic acids is 1. The van der Waals surface area contributed by atoms with Gasteiger partial charge in [-0.25, -0.2) is 0 Å². The fraction of sp³-hybridized carbons (Fsp3) is 0.458. The first-order valence-corrected chi connectivity index (χ1v) is 10.5. The van der Waals surface area contributed by atoms with Gasteiger partial charge in [0.15, 0.2) is 11.5 Å². The Bertz CT molecular complexity index is 850. The van der Waals surface area contributed by atoms with Crippen molar-refractivity contribution in [2.24, 2.45) is 0 Å². The smallest absolute Gasteiger partial charge is 0.236 e. The Morgan fingerprint density at radius 1 is 1.07 bits per heavy atom. The molecule has 0 saturated carbocycles. The van der Waals surface area contributed by atoms with E-state index in [2.05, 4.69) is 48.2 Å². The maximum absolute atomic E-state index is 12.9. The van der Waals surface area contributed by atoms with Crippen LogP contribution in [0.1, 0.15) is 42.0 Å². The highest BCUT2D eigenvalue weighted by atomic mass is 16.5. The summed E-state index contributed by atoms with van der Waals surface area (Å²) in [5, 5.41) is 0. The summed E-state index contributed by atoms with van der Waals surface area (Å²) in [6, 6.07) is 14.9. The molecule has 2 aliphatic rings. The zero-order chi connectivity index (χ0) is 20.2. The van der Waals surface area contributed by atoms with Crippen molar-refractivity contribution in [2.75, 3.05) is 33.4 Å². The van der Waals surface area contributed by atoms with E-state index in [-0.39, 0.29) is 11.9 Å². The molecule has 0 radical (unpaired) electrons. The third-order valence-corrected chi connectivity index (χ3v) is 5.82. The molecular formula is C24H30N2O3. The molecule has 4 rings (SSSR count). The molecule has 1 atom stereocenters. The van der Waals surface area contributed by atoms with Crippen molar-refractivity contribution >= 4 is 5.91 Å². The van der Waals surface area contributed by atoms with E-state index >= 15 is 0 Å². The van der Waals surface area contributed by atoms with Crippen LogP contribution in [-0.4, -0.2) is 49.1 Å². The Morgan fingerprint density at radius 3 is 2.62 bits per heavy atom. The number of rotatable bonds is 5. The van der Waals surface area contributed by atoms with Crippen LogP contribution >= 0.6 is 0 Å². The van der Waals surface area contributed by atoms with Crippen molar-refractivity contribution in [3.8, 4) is 11.5 Å². The van der Waals surface area contributed by atoms with Crippen molar-refractivity contribution in [1.29, 1.82) is 0 Å². The topological polar surface area (TPSA) is 42.0 Å². The summed E-state index contributed by atoms with van der Waals surface area (Å²) in [7, 11) is 1.89. The zero-order valence-corrected chi connectivity index (χ0v) is 17.4. The van der Waals surface area contributed by atoms with Gasteiger partial charge in [0.2, 0.25) is 5.91 Å². The normalized spacial score (nSPS) is 19.0. The third-order valence-electron chi connectivity index (χ3n) is 5.82. The molecule has 5 heteroatoms. The first-order chi connectivity index (χ1) is 14.1. The average Bonchev–Trinajstić information content (AvgIpc) is 3.05. The molecule has 2 heterocycles. The second-order valence-electron chi connectivity index (χ2n) is 8.12. The minimum Gasteiger partial charge on any atom is -0.490 e. The molecule has 0 N–H and O–H groups in total. The largest absolute Gasteiger partial charge is 0.490 e. The zero-order valence-electron chi connectivity index (χ0n) is 17.4. The second kappa shape index (κ2) is 8.87. The Labute approximate surface area is 173 Å². The van der Waals surface area contributed by atoms with E-state index in [1.54, 1.807) is 0 Å². The van der Waals surface area contributed by atoms with Crippen LogP contribution in [0.4, 0.5) is 0 Å². The molecule has 0 bridgehead atoms. The molecule has 2 aliphatic heterocycles. The monoisotopic (exact) mass is 394 g/mol. The summed E-state index contributed by atoms with van der Waals surface area (Å²) in [6.45, 7) is 5.49. The summed E-state index contributed by atoms with van der Waals surface area (Å²) in [5.74, 6) is 1.81. The van der Waals surface area contributed by atoms with Gasteiger partial charge in [0, 0.05) is 26.1 Å². The Hall–Kier alpha value is -2.53. The highest BCUT2D eigenvalue weighted by Crippen LogP contribution is 2.37. The summed E-state index contributed by atoms with van der Waals surface area (Å²) >= 11 is 0. The average molecular weight is 395 g/mol. The van der Waals surface area contributed by atoms with Gasteiger partial charge in [0.05, 0.1) is 19.8 Å². The number of carbonyl (C=O) groups is 1. The molecular weight excluding hydrogens is 364 g/mol. The van der Waals surface area contributed by atoms with Gasteiger partial charge in [-0.15, -0.1) is 0 Å². The number of aryl methyl sites for hydroxylation is 1. The predicted octanol–water partition coefficient (Wildman–Crippen LogP) is 3.95. The molecule has 0 unspecified atom stereocenters. The van der Waals surface area contributed by atoms with Crippen molar-refractivity contribution in [3.63, 3.8) is 0 Å². The molecule has 0 aliphatic carbocycles. The van der Waals surface area contributed by atoms with Crippen LogP contribution in [0.2, 0.25) is 0 Å². The first-order valence-electron chi connectivity index (χ1n) is 10.5. The third kappa shape index (κ3) is 4.73. The lowest BCUT2D eigenvalue weighted by Crippen LogP contribution is -2.37. The van der Waals surface area contributed by atoms with Crippen molar-refractivity contribution < 1.29 is 14.3 Å². The van der Waals surface area contributed by atoms with Gasteiger partial charge < -0.3 is 14.4 Å². The van der Waals surface area contributed by atoms with Gasteiger partial charge in [0.1, 0.15) is 0 Å². The van der Waals surface area contributed by atoms with Crippen LogP contribution in [-0.2, 0) is 11.3 Å². The standard InChI is InChI=1S/C24H30N2O3/c1-18-6-8-19(9-7-18)16-25(2)24(27)17-26-12-3-5-21(26)20-10-11-22-23(15-20)29-14-4-13-28-22/h6-11,15,21H,3-5,12-14,16-17H2,1-2H3/t21-/m1/s1. The number of likely N-dealkylation sites (N-methyl/N-ethyl adjacent to an activating group) is 1. The fourth-order valence-corrected chi connectivity index (χ4v) is 4.13. The summed E-state index contributed by atoms with van der Waals surface area (Å²) in [4.78, 5) is 17.0. The number of ether oxygens (including phenoxy) is 2. The van der Waals surface area contributed by atoms with Crippen LogP contribution < -0.4 is 9.47 Å². The number of hydrogen-bond donors (Lipinski definition) is 0. The van der Waals surface area contributed by atoms with Gasteiger partial charge in [-0.2, -0.15) is 0 Å². The number of nitrogens with zero attached hydrogens (tertiary/aromatic N) is 2. The second-order valence-corrected chi connectivity index (χ2v) is 8.12. The lowest BCUT2D eigenvalue weighted by Gasteiger charge is -2.27. The van der Waals surface area contributed by atoms with E-state index in [1.165, 1.54) is 11.1 Å². The van der Waals surface area contributed by atoms with E-state index in [9.17, 15) is 4.79 Å². The molecule has 0 aromatic heterocycles. The van der Waals surface area contributed by atoms with Crippen molar-refractivity contribution in [2.45, 2.75) is 38.8 Å². The highest BCUT2D eigenvalue weighted by molar-refractivity contribution is 5.78. The number of amides is 1. The molecule has 5 nitrogen and oxygen atoms in total. The van der Waals surface area contributed by atoms with Gasteiger partial charge in [0.25, 0.3) is 0 Å². The molecule has 1 fully saturated rings. The molecule has 1 saturated heterocycles. The van der Waals surface area contributed by atoms with Crippen LogP contribution in [0.3, 0.4) is 0 Å².